The van der Waals surface area contributed by atoms with Crippen LogP contribution in [-0.2, 0) is 0 Å². The second-order valence-electron chi connectivity index (χ2n) is 3.70. The van der Waals surface area contributed by atoms with Crippen molar-refractivity contribution in [3.05, 3.63) is 65.5 Å². The van der Waals surface area contributed by atoms with Gasteiger partial charge in [-0.05, 0) is 36.4 Å². The van der Waals surface area contributed by atoms with Gasteiger partial charge in [0.25, 0.3) is 5.91 Å². The first kappa shape index (κ1) is 12.0. The zero-order valence-electron chi connectivity index (χ0n) is 9.39. The molecule has 0 atom stereocenters. The summed E-state index contributed by atoms with van der Waals surface area (Å²) in [7, 11) is 0. The number of nitrogens with one attached hydrogen (secondary N) is 1. The van der Waals surface area contributed by atoms with Crippen LogP contribution in [0.1, 0.15) is 20.7 Å². The Labute approximate surface area is 103 Å². The van der Waals surface area contributed by atoms with Gasteiger partial charge in [-0.25, -0.2) is 4.39 Å². The van der Waals surface area contributed by atoms with Crippen molar-refractivity contribution in [1.29, 1.82) is 0 Å². The fourth-order valence-electron chi connectivity index (χ4n) is 1.49. The smallest absolute Gasteiger partial charge is 0.255 e. The van der Waals surface area contributed by atoms with E-state index in [9.17, 15) is 14.0 Å². The summed E-state index contributed by atoms with van der Waals surface area (Å²) in [5.74, 6) is -0.743. The summed E-state index contributed by atoms with van der Waals surface area (Å²) in [6.07, 6.45) is 0.702. The van der Waals surface area contributed by atoms with E-state index < -0.39 is 5.82 Å². The molecule has 0 spiro atoms. The minimum absolute atomic E-state index is 0.349. The van der Waals surface area contributed by atoms with Crippen LogP contribution in [0.15, 0.2) is 48.5 Å². The highest BCUT2D eigenvalue weighted by Gasteiger charge is 2.06. The van der Waals surface area contributed by atoms with E-state index in [1.807, 2.05) is 0 Å². The Bertz CT molecular complexity index is 579. The molecular weight excluding hydrogens is 233 g/mol. The standard InChI is InChI=1S/C14H10FNO2/c15-12-6-4-11(5-7-12)14(18)16-13-3-1-2-10(8-13)9-17/h1-9H,(H,16,18). The van der Waals surface area contributed by atoms with Crippen molar-refractivity contribution in [2.45, 2.75) is 0 Å². The lowest BCUT2D eigenvalue weighted by atomic mass is 10.2. The molecule has 0 aliphatic carbocycles. The number of halogens is 1. The predicted octanol–water partition coefficient (Wildman–Crippen LogP) is 2.89. The van der Waals surface area contributed by atoms with Crippen LogP contribution in [0.2, 0.25) is 0 Å². The van der Waals surface area contributed by atoms with E-state index in [-0.39, 0.29) is 5.91 Å². The molecule has 1 amide bonds. The van der Waals surface area contributed by atoms with E-state index in [4.69, 9.17) is 0 Å². The highest BCUT2D eigenvalue weighted by molar-refractivity contribution is 6.04. The Morgan fingerprint density at radius 1 is 1.11 bits per heavy atom. The highest BCUT2D eigenvalue weighted by Crippen LogP contribution is 2.11. The van der Waals surface area contributed by atoms with Gasteiger partial charge in [0.15, 0.2) is 0 Å². The van der Waals surface area contributed by atoms with E-state index in [1.54, 1.807) is 24.3 Å². The van der Waals surface area contributed by atoms with Gasteiger partial charge in [0, 0.05) is 16.8 Å². The van der Waals surface area contributed by atoms with Gasteiger partial charge in [-0.1, -0.05) is 12.1 Å². The maximum Gasteiger partial charge on any atom is 0.255 e. The Kier molecular flexibility index (Phi) is 3.48. The van der Waals surface area contributed by atoms with Gasteiger partial charge in [-0.3, -0.25) is 9.59 Å². The van der Waals surface area contributed by atoms with E-state index in [0.717, 1.165) is 0 Å². The second kappa shape index (κ2) is 5.23. The maximum absolute atomic E-state index is 12.7. The van der Waals surface area contributed by atoms with E-state index in [2.05, 4.69) is 5.32 Å². The number of anilines is 1. The van der Waals surface area contributed by atoms with Gasteiger partial charge in [-0.15, -0.1) is 0 Å². The third-order valence-corrected chi connectivity index (χ3v) is 2.39. The fraction of sp³-hybridized carbons (Fsp3) is 0. The van der Waals surface area contributed by atoms with Crippen molar-refractivity contribution in [1.82, 2.24) is 0 Å². The van der Waals surface area contributed by atoms with Gasteiger partial charge >= 0.3 is 0 Å². The average molecular weight is 243 g/mol. The topological polar surface area (TPSA) is 46.2 Å². The van der Waals surface area contributed by atoms with Crippen molar-refractivity contribution in [3.63, 3.8) is 0 Å². The summed E-state index contributed by atoms with van der Waals surface area (Å²) in [4.78, 5) is 22.4. The Morgan fingerprint density at radius 2 is 1.83 bits per heavy atom. The predicted molar refractivity (Wildman–Crippen MR) is 66.2 cm³/mol. The molecule has 0 heterocycles. The Balaban J connectivity index is 2.15. The van der Waals surface area contributed by atoms with Crippen LogP contribution in [-0.4, -0.2) is 12.2 Å². The number of aldehydes is 1. The van der Waals surface area contributed by atoms with E-state index in [0.29, 0.717) is 23.1 Å². The molecule has 0 unspecified atom stereocenters. The first-order chi connectivity index (χ1) is 8.69. The molecule has 0 aliphatic heterocycles. The van der Waals surface area contributed by atoms with Crippen molar-refractivity contribution < 1.29 is 14.0 Å². The van der Waals surface area contributed by atoms with Crippen LogP contribution in [0.4, 0.5) is 10.1 Å². The summed E-state index contributed by atoms with van der Waals surface area (Å²) in [5.41, 5.74) is 1.36. The summed E-state index contributed by atoms with van der Waals surface area (Å²) in [6.45, 7) is 0. The molecule has 0 aliphatic rings. The zero-order chi connectivity index (χ0) is 13.0. The molecule has 0 bridgehead atoms. The van der Waals surface area contributed by atoms with Gasteiger partial charge in [0.1, 0.15) is 12.1 Å². The monoisotopic (exact) mass is 243 g/mol. The van der Waals surface area contributed by atoms with Gasteiger partial charge in [0.2, 0.25) is 0 Å². The molecule has 0 radical (unpaired) electrons. The largest absolute Gasteiger partial charge is 0.322 e. The second-order valence-corrected chi connectivity index (χ2v) is 3.70. The average Bonchev–Trinajstić information content (AvgIpc) is 2.39. The molecule has 18 heavy (non-hydrogen) atoms. The summed E-state index contributed by atoms with van der Waals surface area (Å²) < 4.78 is 12.7. The number of benzene rings is 2. The van der Waals surface area contributed by atoms with Crippen LogP contribution in [0.25, 0.3) is 0 Å². The quantitative estimate of drug-likeness (QED) is 0.842. The number of amides is 1. The molecular formula is C14H10FNO2. The molecule has 2 aromatic rings. The number of hydrogen-bond acceptors (Lipinski definition) is 2. The molecule has 4 heteroatoms. The highest BCUT2D eigenvalue weighted by atomic mass is 19.1. The molecule has 0 aromatic heterocycles. The van der Waals surface area contributed by atoms with Crippen LogP contribution < -0.4 is 5.32 Å². The van der Waals surface area contributed by atoms with E-state index in [1.165, 1.54) is 24.3 Å². The summed E-state index contributed by atoms with van der Waals surface area (Å²) >= 11 is 0. The van der Waals surface area contributed by atoms with Gasteiger partial charge < -0.3 is 5.32 Å². The maximum atomic E-state index is 12.7. The third-order valence-electron chi connectivity index (χ3n) is 2.39. The van der Waals surface area contributed by atoms with Crippen LogP contribution in [0.5, 0.6) is 0 Å². The number of hydrogen-bond donors (Lipinski definition) is 1. The summed E-state index contributed by atoms with van der Waals surface area (Å²) in [5, 5.41) is 2.63. The fourth-order valence-corrected chi connectivity index (χ4v) is 1.49. The van der Waals surface area contributed by atoms with Crippen LogP contribution in [0, 0.1) is 5.82 Å². The number of carbonyl (C=O) groups is 2. The van der Waals surface area contributed by atoms with Crippen molar-refractivity contribution >= 4 is 17.9 Å². The lowest BCUT2D eigenvalue weighted by Gasteiger charge is -2.05. The molecule has 3 nitrogen and oxygen atoms in total. The van der Waals surface area contributed by atoms with E-state index >= 15 is 0 Å². The molecule has 0 saturated carbocycles. The zero-order valence-corrected chi connectivity index (χ0v) is 9.39. The molecule has 1 N–H and O–H groups in total. The third kappa shape index (κ3) is 2.79. The van der Waals surface area contributed by atoms with Gasteiger partial charge in [-0.2, -0.15) is 0 Å². The number of carbonyl (C=O) groups excluding carboxylic acids is 2. The number of rotatable bonds is 3. The molecule has 0 fully saturated rings. The van der Waals surface area contributed by atoms with Crippen LogP contribution in [0.3, 0.4) is 0 Å². The molecule has 0 saturated heterocycles. The van der Waals surface area contributed by atoms with Crippen molar-refractivity contribution in [3.8, 4) is 0 Å². The minimum atomic E-state index is -0.394. The summed E-state index contributed by atoms with van der Waals surface area (Å²) in [6, 6.07) is 11.8. The minimum Gasteiger partial charge on any atom is -0.322 e. The lowest BCUT2D eigenvalue weighted by Crippen LogP contribution is -2.11. The normalized spacial score (nSPS) is 9.83. The Morgan fingerprint density at radius 3 is 2.50 bits per heavy atom. The SMILES string of the molecule is O=Cc1cccc(NC(=O)c2ccc(F)cc2)c1. The van der Waals surface area contributed by atoms with Crippen LogP contribution >= 0.6 is 0 Å². The van der Waals surface area contributed by atoms with Crippen molar-refractivity contribution in [2.75, 3.05) is 5.32 Å². The Hall–Kier alpha value is -2.49. The first-order valence-corrected chi connectivity index (χ1v) is 5.31. The molecule has 2 rings (SSSR count). The van der Waals surface area contributed by atoms with Crippen molar-refractivity contribution in [2.24, 2.45) is 0 Å². The molecule has 90 valence electrons. The first-order valence-electron chi connectivity index (χ1n) is 5.31. The van der Waals surface area contributed by atoms with Gasteiger partial charge in [0.05, 0.1) is 0 Å². The molecule has 2 aromatic carbocycles. The lowest BCUT2D eigenvalue weighted by molar-refractivity contribution is 0.102.